The molecule has 1 aliphatic heterocycles. The SMILES string of the molecule is Cc1ccc2nc(C3=Cc4ccccc4S[NH+]([O-])C3)cc(NC(N)C3CC3)c2c1. The fourth-order valence-corrected chi connectivity index (χ4v) is 4.65. The van der Waals surface area contributed by atoms with E-state index in [0.717, 1.165) is 38.3 Å². The number of nitrogens with two attached hydrogens (primary N) is 1. The third kappa shape index (κ3) is 3.89. The summed E-state index contributed by atoms with van der Waals surface area (Å²) >= 11 is 1.31. The standard InChI is InChI=1S/C23H24N4OS/c1-14-6-9-19-18(10-14)21(26-23(24)15-7-8-15)12-20(25-19)17-11-16-4-2-3-5-22(16)29-27(28)13-17/h2-6,9-12,15,23,27H,7-8,13,24H2,1H3,(H,25,26). The van der Waals surface area contributed by atoms with Crippen LogP contribution in [0.25, 0.3) is 22.6 Å². The number of aromatic nitrogens is 1. The number of hydrogen-bond donors (Lipinski definition) is 3. The Morgan fingerprint density at radius 1 is 1.21 bits per heavy atom. The van der Waals surface area contributed by atoms with Crippen molar-refractivity contribution in [3.63, 3.8) is 0 Å². The average molecular weight is 405 g/mol. The number of fused-ring (bicyclic) bond motifs is 2. The average Bonchev–Trinajstić information content (AvgIpc) is 3.54. The molecule has 2 unspecified atom stereocenters. The van der Waals surface area contributed by atoms with Gasteiger partial charge in [-0.15, -0.1) is 0 Å². The molecule has 29 heavy (non-hydrogen) atoms. The van der Waals surface area contributed by atoms with E-state index in [0.29, 0.717) is 12.5 Å². The Bertz CT molecular complexity index is 1110. The predicted molar refractivity (Wildman–Crippen MR) is 120 cm³/mol. The lowest BCUT2D eigenvalue weighted by Crippen LogP contribution is -3.00. The van der Waals surface area contributed by atoms with Crippen LogP contribution in [0.2, 0.25) is 0 Å². The van der Waals surface area contributed by atoms with E-state index in [1.165, 1.54) is 30.4 Å². The summed E-state index contributed by atoms with van der Waals surface area (Å²) in [6.07, 6.45) is 4.39. The van der Waals surface area contributed by atoms with Crippen molar-refractivity contribution in [1.82, 2.24) is 4.98 Å². The first-order valence-electron chi connectivity index (χ1n) is 10.0. The van der Waals surface area contributed by atoms with E-state index in [-0.39, 0.29) is 10.6 Å². The number of rotatable bonds is 4. The van der Waals surface area contributed by atoms with Crippen molar-refractivity contribution in [2.45, 2.75) is 30.8 Å². The van der Waals surface area contributed by atoms with Gasteiger partial charge in [0.1, 0.15) is 18.5 Å². The topological polar surface area (TPSA) is 78.4 Å². The number of quaternary nitrogens is 1. The first-order chi connectivity index (χ1) is 14.1. The molecular formula is C23H24N4OS. The molecule has 2 heterocycles. The van der Waals surface area contributed by atoms with Gasteiger partial charge in [0.2, 0.25) is 0 Å². The molecule has 1 aromatic heterocycles. The molecular weight excluding hydrogens is 380 g/mol. The molecule has 0 radical (unpaired) electrons. The van der Waals surface area contributed by atoms with Crippen LogP contribution < -0.4 is 15.5 Å². The van der Waals surface area contributed by atoms with Crippen molar-refractivity contribution in [3.8, 4) is 0 Å². The Kier molecular flexibility index (Phi) is 4.80. The molecule has 2 aliphatic rings. The highest BCUT2D eigenvalue weighted by atomic mass is 32.2. The molecule has 148 valence electrons. The second-order valence-corrected chi connectivity index (χ2v) is 9.04. The second-order valence-electron chi connectivity index (χ2n) is 7.94. The normalized spacial score (nSPS) is 20.0. The van der Waals surface area contributed by atoms with Gasteiger partial charge < -0.3 is 20.7 Å². The number of hydrogen-bond acceptors (Lipinski definition) is 5. The second kappa shape index (κ2) is 7.46. The summed E-state index contributed by atoms with van der Waals surface area (Å²) in [5, 5.41) is 17.1. The Labute approximate surface area is 174 Å². The molecule has 1 aliphatic carbocycles. The maximum Gasteiger partial charge on any atom is 0.116 e. The van der Waals surface area contributed by atoms with Gasteiger partial charge in [-0.3, -0.25) is 0 Å². The van der Waals surface area contributed by atoms with Crippen LogP contribution in [0.3, 0.4) is 0 Å². The summed E-state index contributed by atoms with van der Waals surface area (Å²) in [7, 11) is 0. The number of nitrogens with one attached hydrogen (secondary N) is 2. The van der Waals surface area contributed by atoms with Crippen LogP contribution in [0.4, 0.5) is 5.69 Å². The molecule has 3 aromatic rings. The lowest BCUT2D eigenvalue weighted by atomic mass is 10.0. The first-order valence-corrected chi connectivity index (χ1v) is 10.8. The first kappa shape index (κ1) is 18.6. The Balaban J connectivity index is 1.62. The minimum Gasteiger partial charge on any atom is -0.621 e. The molecule has 2 aromatic carbocycles. The van der Waals surface area contributed by atoms with E-state index in [4.69, 9.17) is 10.7 Å². The Hall–Kier alpha value is -2.38. The molecule has 0 spiro atoms. The highest BCUT2D eigenvalue weighted by Gasteiger charge is 2.29. The van der Waals surface area contributed by atoms with Gasteiger partial charge in [-0.2, -0.15) is 0 Å². The van der Waals surface area contributed by atoms with E-state index in [9.17, 15) is 5.21 Å². The van der Waals surface area contributed by atoms with E-state index < -0.39 is 0 Å². The molecule has 5 rings (SSSR count). The lowest BCUT2D eigenvalue weighted by Gasteiger charge is -2.20. The monoisotopic (exact) mass is 404 g/mol. The minimum absolute atomic E-state index is 0.0602. The summed E-state index contributed by atoms with van der Waals surface area (Å²) in [6.45, 7) is 2.44. The number of benzene rings is 2. The van der Waals surface area contributed by atoms with Gasteiger partial charge in [0, 0.05) is 16.6 Å². The van der Waals surface area contributed by atoms with Gasteiger partial charge in [0.05, 0.1) is 22.3 Å². The molecule has 0 bridgehead atoms. The van der Waals surface area contributed by atoms with Gasteiger partial charge in [-0.1, -0.05) is 29.8 Å². The largest absolute Gasteiger partial charge is 0.621 e. The quantitative estimate of drug-likeness (QED) is 0.352. The maximum absolute atomic E-state index is 12.6. The van der Waals surface area contributed by atoms with Crippen LogP contribution in [-0.4, -0.2) is 17.7 Å². The molecule has 5 nitrogen and oxygen atoms in total. The van der Waals surface area contributed by atoms with Crippen LogP contribution in [0.1, 0.15) is 29.7 Å². The fourth-order valence-electron chi connectivity index (χ4n) is 3.79. The van der Waals surface area contributed by atoms with Gasteiger partial charge in [-0.25, -0.2) is 4.98 Å². The molecule has 0 saturated heterocycles. The zero-order valence-corrected chi connectivity index (χ0v) is 17.1. The van der Waals surface area contributed by atoms with Crippen molar-refractivity contribution in [2.75, 3.05) is 11.9 Å². The van der Waals surface area contributed by atoms with Crippen LogP contribution >= 0.6 is 11.9 Å². The summed E-state index contributed by atoms with van der Waals surface area (Å²) in [5.41, 5.74) is 12.3. The summed E-state index contributed by atoms with van der Waals surface area (Å²) in [5.74, 6) is 0.536. The van der Waals surface area contributed by atoms with Gasteiger partial charge in [0.25, 0.3) is 0 Å². The van der Waals surface area contributed by atoms with Crippen LogP contribution in [0.5, 0.6) is 0 Å². The number of pyridine rings is 1. The van der Waals surface area contributed by atoms with E-state index >= 15 is 0 Å². The van der Waals surface area contributed by atoms with Crippen molar-refractivity contribution in [3.05, 3.63) is 70.6 Å². The molecule has 4 N–H and O–H groups in total. The predicted octanol–water partition coefficient (Wildman–Crippen LogP) is 3.59. The van der Waals surface area contributed by atoms with Crippen molar-refractivity contribution < 1.29 is 4.47 Å². The van der Waals surface area contributed by atoms with E-state index in [1.54, 1.807) is 0 Å². The fraction of sp³-hybridized carbons (Fsp3) is 0.261. The van der Waals surface area contributed by atoms with Crippen LogP contribution in [0, 0.1) is 18.0 Å². The van der Waals surface area contributed by atoms with Crippen molar-refractivity contribution in [2.24, 2.45) is 11.7 Å². The number of nitrogens with zero attached hydrogens (tertiary/aromatic N) is 1. The Morgan fingerprint density at radius 2 is 2.03 bits per heavy atom. The smallest absolute Gasteiger partial charge is 0.116 e. The highest BCUT2D eigenvalue weighted by molar-refractivity contribution is 7.93. The number of anilines is 1. The van der Waals surface area contributed by atoms with E-state index in [2.05, 4.69) is 36.5 Å². The van der Waals surface area contributed by atoms with Gasteiger partial charge in [-0.05, 0) is 61.6 Å². The van der Waals surface area contributed by atoms with Crippen LogP contribution in [-0.2, 0) is 0 Å². The number of hydroxylamine groups is 1. The molecule has 1 fully saturated rings. The highest BCUT2D eigenvalue weighted by Crippen LogP contribution is 2.35. The number of aryl methyl sites for hydroxylation is 1. The minimum atomic E-state index is -0.0602. The molecule has 0 amide bonds. The summed E-state index contributed by atoms with van der Waals surface area (Å²) in [6, 6.07) is 16.3. The zero-order valence-electron chi connectivity index (χ0n) is 16.3. The molecule has 6 heteroatoms. The van der Waals surface area contributed by atoms with Gasteiger partial charge in [0.15, 0.2) is 0 Å². The van der Waals surface area contributed by atoms with Gasteiger partial charge >= 0.3 is 0 Å². The Morgan fingerprint density at radius 3 is 2.86 bits per heavy atom. The lowest BCUT2D eigenvalue weighted by molar-refractivity contribution is -0.683. The van der Waals surface area contributed by atoms with Crippen molar-refractivity contribution >= 4 is 40.2 Å². The third-order valence-electron chi connectivity index (χ3n) is 5.55. The van der Waals surface area contributed by atoms with Crippen LogP contribution in [0.15, 0.2) is 53.4 Å². The van der Waals surface area contributed by atoms with Crippen molar-refractivity contribution in [1.29, 1.82) is 0 Å². The zero-order chi connectivity index (χ0) is 20.0. The summed E-state index contributed by atoms with van der Waals surface area (Å²) in [4.78, 5) is 5.91. The molecule has 1 saturated carbocycles. The molecule has 2 atom stereocenters. The van der Waals surface area contributed by atoms with E-state index in [1.807, 2.05) is 30.3 Å². The third-order valence-corrected chi connectivity index (χ3v) is 6.52. The maximum atomic E-state index is 12.6. The summed E-state index contributed by atoms with van der Waals surface area (Å²) < 4.78 is 0.135.